The highest BCUT2D eigenvalue weighted by molar-refractivity contribution is 5.87. The van der Waals surface area contributed by atoms with Crippen LogP contribution in [0.25, 0.3) is 0 Å². The van der Waals surface area contributed by atoms with E-state index < -0.39 is 5.97 Å². The number of carbonyl (C=O) groups excluding carboxylic acids is 3. The smallest absolute Gasteiger partial charge is 0.333 e. The lowest BCUT2D eigenvalue weighted by Gasteiger charge is -2.05. The summed E-state index contributed by atoms with van der Waals surface area (Å²) in [6, 6.07) is 0. The van der Waals surface area contributed by atoms with E-state index >= 15 is 0 Å². The van der Waals surface area contributed by atoms with Crippen molar-refractivity contribution < 1.29 is 23.9 Å². The average Bonchev–Trinajstić information content (AvgIpc) is 2.60. The lowest BCUT2D eigenvalue weighted by Crippen LogP contribution is -2.07. The quantitative estimate of drug-likeness (QED) is 0.154. The van der Waals surface area contributed by atoms with Crippen molar-refractivity contribution in [3.05, 3.63) is 24.3 Å². The average molecular weight is 382 g/mol. The van der Waals surface area contributed by atoms with Crippen molar-refractivity contribution >= 4 is 18.0 Å². The Bertz CT molecular complexity index is 505. The van der Waals surface area contributed by atoms with Crippen LogP contribution in [0.5, 0.6) is 0 Å². The van der Waals surface area contributed by atoms with E-state index in [0.29, 0.717) is 17.8 Å². The highest BCUT2D eigenvalue weighted by atomic mass is 16.5. The summed E-state index contributed by atoms with van der Waals surface area (Å²) in [4.78, 5) is 34.4. The Morgan fingerprint density at radius 3 is 1.85 bits per heavy atom. The molecule has 0 N–H and O–H groups in total. The van der Waals surface area contributed by atoms with Gasteiger partial charge in [-0.3, -0.25) is 0 Å². The van der Waals surface area contributed by atoms with Crippen LogP contribution >= 0.6 is 0 Å². The van der Waals surface area contributed by atoms with Crippen molar-refractivity contribution in [2.75, 3.05) is 19.8 Å². The van der Waals surface area contributed by atoms with Gasteiger partial charge in [-0.25, -0.2) is 19.4 Å². The van der Waals surface area contributed by atoms with E-state index in [1.54, 1.807) is 13.8 Å². The van der Waals surface area contributed by atoms with Gasteiger partial charge in [0.1, 0.15) is 6.61 Å². The molecule has 154 valence electrons. The van der Waals surface area contributed by atoms with Crippen molar-refractivity contribution in [3.63, 3.8) is 0 Å². The van der Waals surface area contributed by atoms with Crippen LogP contribution in [0.15, 0.2) is 29.3 Å². The Morgan fingerprint density at radius 1 is 0.889 bits per heavy atom. The van der Waals surface area contributed by atoms with E-state index in [2.05, 4.69) is 36.7 Å². The van der Waals surface area contributed by atoms with Crippen LogP contribution in [0.2, 0.25) is 0 Å². The summed E-state index contributed by atoms with van der Waals surface area (Å²) in [7, 11) is 0. The first kappa shape index (κ1) is 27.0. The van der Waals surface area contributed by atoms with E-state index in [9.17, 15) is 14.4 Å². The molecule has 0 atom stereocenters. The SMILES string of the molecule is C=C(C)C(=O)OCCCCCCCC(C)C.C=C(C)C(=O)OCCN=C=O. The maximum atomic E-state index is 11.0. The normalized spacial score (nSPS) is 9.52. The first-order valence-corrected chi connectivity index (χ1v) is 9.41. The second kappa shape index (κ2) is 18.6. The van der Waals surface area contributed by atoms with Crippen LogP contribution < -0.4 is 0 Å². The Balaban J connectivity index is 0. The molecule has 0 bridgehead atoms. The van der Waals surface area contributed by atoms with Gasteiger partial charge in [0.15, 0.2) is 0 Å². The Hall–Kier alpha value is -2.20. The minimum absolute atomic E-state index is 0.0981. The number of rotatable bonds is 13. The molecule has 0 aliphatic carbocycles. The number of hydrogen-bond donors (Lipinski definition) is 0. The summed E-state index contributed by atoms with van der Waals surface area (Å²) >= 11 is 0. The molecule has 6 nitrogen and oxygen atoms in total. The fraction of sp³-hybridized carbons (Fsp3) is 0.667. The topological polar surface area (TPSA) is 82.0 Å². The van der Waals surface area contributed by atoms with Gasteiger partial charge in [0.2, 0.25) is 6.08 Å². The molecule has 0 aromatic rings. The molecular formula is C21H35NO5. The number of esters is 2. The van der Waals surface area contributed by atoms with Gasteiger partial charge in [0.05, 0.1) is 13.2 Å². The van der Waals surface area contributed by atoms with Gasteiger partial charge in [-0.15, -0.1) is 0 Å². The molecule has 0 aromatic heterocycles. The monoisotopic (exact) mass is 381 g/mol. The summed E-state index contributed by atoms with van der Waals surface area (Å²) in [6.07, 6.45) is 8.65. The van der Waals surface area contributed by atoms with Crippen molar-refractivity contribution in [1.82, 2.24) is 0 Å². The summed E-state index contributed by atoms with van der Waals surface area (Å²) in [5, 5.41) is 0. The molecule has 27 heavy (non-hydrogen) atoms. The molecule has 6 heteroatoms. The van der Waals surface area contributed by atoms with E-state index in [4.69, 9.17) is 4.74 Å². The molecule has 0 saturated heterocycles. The van der Waals surface area contributed by atoms with Gasteiger partial charge in [0, 0.05) is 11.1 Å². The Morgan fingerprint density at radius 2 is 1.37 bits per heavy atom. The number of carbonyl (C=O) groups is 2. The van der Waals surface area contributed by atoms with Gasteiger partial charge in [0.25, 0.3) is 0 Å². The maximum absolute atomic E-state index is 11.0. The zero-order chi connectivity index (χ0) is 21.1. The first-order valence-electron chi connectivity index (χ1n) is 9.41. The fourth-order valence-corrected chi connectivity index (χ4v) is 1.83. The minimum atomic E-state index is -0.467. The number of ether oxygens (including phenoxy) is 2. The molecule has 0 spiro atoms. The van der Waals surface area contributed by atoms with Crippen LogP contribution in [0, 0.1) is 5.92 Å². The summed E-state index contributed by atoms with van der Waals surface area (Å²) in [6.45, 7) is 15.4. The van der Waals surface area contributed by atoms with Gasteiger partial charge >= 0.3 is 11.9 Å². The number of hydrogen-bond acceptors (Lipinski definition) is 6. The van der Waals surface area contributed by atoms with E-state index in [1.165, 1.54) is 31.8 Å². The van der Waals surface area contributed by atoms with Gasteiger partial charge in [-0.1, -0.05) is 59.1 Å². The first-order chi connectivity index (χ1) is 12.7. The fourth-order valence-electron chi connectivity index (χ4n) is 1.83. The molecule has 0 aliphatic rings. The van der Waals surface area contributed by atoms with Crippen molar-refractivity contribution in [2.24, 2.45) is 10.9 Å². The highest BCUT2D eigenvalue weighted by Crippen LogP contribution is 2.10. The van der Waals surface area contributed by atoms with Crippen molar-refractivity contribution in [3.8, 4) is 0 Å². The predicted octanol–water partition coefficient (Wildman–Crippen LogP) is 4.54. The van der Waals surface area contributed by atoms with Gasteiger partial charge in [-0.05, 0) is 26.2 Å². The molecular weight excluding hydrogens is 346 g/mol. The number of aliphatic imine (C=N–C) groups is 1. The molecule has 0 aromatic carbocycles. The van der Waals surface area contributed by atoms with Crippen LogP contribution in [-0.2, 0) is 23.9 Å². The standard InChI is InChI=1S/C14H26O2.C7H9NO3/c1-12(2)10-8-6-5-7-9-11-16-14(15)13(3)4;1-6(2)7(10)11-4-3-8-5-9/h12H,3,5-11H2,1-2,4H3;1,3-4H2,2H3. The third-order valence-electron chi connectivity index (χ3n) is 3.36. The molecule has 0 fully saturated rings. The van der Waals surface area contributed by atoms with E-state index in [0.717, 1.165) is 18.8 Å². The molecule has 0 heterocycles. The Kier molecular flexibility index (Phi) is 18.6. The van der Waals surface area contributed by atoms with Gasteiger partial charge < -0.3 is 9.47 Å². The zero-order valence-corrected chi connectivity index (χ0v) is 17.3. The van der Waals surface area contributed by atoms with Crippen molar-refractivity contribution in [1.29, 1.82) is 0 Å². The number of isocyanates is 1. The summed E-state index contributed by atoms with van der Waals surface area (Å²) in [5.74, 6) is 0.0856. The summed E-state index contributed by atoms with van der Waals surface area (Å²) < 4.78 is 9.60. The largest absolute Gasteiger partial charge is 0.462 e. The van der Waals surface area contributed by atoms with Crippen LogP contribution in [0.4, 0.5) is 0 Å². The number of unbranched alkanes of at least 4 members (excludes halogenated alkanes) is 4. The highest BCUT2D eigenvalue weighted by Gasteiger charge is 2.02. The third-order valence-corrected chi connectivity index (χ3v) is 3.36. The van der Waals surface area contributed by atoms with Gasteiger partial charge in [-0.2, -0.15) is 0 Å². The van der Waals surface area contributed by atoms with E-state index in [-0.39, 0.29) is 19.1 Å². The zero-order valence-electron chi connectivity index (χ0n) is 17.3. The predicted molar refractivity (Wildman–Crippen MR) is 107 cm³/mol. The molecule has 0 aliphatic heterocycles. The lowest BCUT2D eigenvalue weighted by atomic mass is 10.0. The van der Waals surface area contributed by atoms with E-state index in [1.807, 2.05) is 0 Å². The maximum Gasteiger partial charge on any atom is 0.333 e. The molecule has 0 amide bonds. The molecule has 0 radical (unpaired) electrons. The third kappa shape index (κ3) is 21.8. The second-order valence-corrected chi connectivity index (χ2v) is 6.76. The number of nitrogens with zero attached hydrogens (tertiary/aromatic N) is 1. The minimum Gasteiger partial charge on any atom is -0.462 e. The van der Waals surface area contributed by atoms with Crippen LogP contribution in [-0.4, -0.2) is 37.8 Å². The summed E-state index contributed by atoms with van der Waals surface area (Å²) in [5.41, 5.74) is 0.817. The lowest BCUT2D eigenvalue weighted by molar-refractivity contribution is -0.139. The van der Waals surface area contributed by atoms with Crippen molar-refractivity contribution in [2.45, 2.75) is 66.2 Å². The van der Waals surface area contributed by atoms with Crippen LogP contribution in [0.3, 0.4) is 0 Å². The van der Waals surface area contributed by atoms with Crippen LogP contribution in [0.1, 0.15) is 66.2 Å². The molecule has 0 saturated carbocycles. The second-order valence-electron chi connectivity index (χ2n) is 6.76. The Labute approximate surface area is 163 Å². The molecule has 0 rings (SSSR count). The molecule has 0 unspecified atom stereocenters.